The number of aromatic nitrogens is 2. The molecule has 2 aromatic rings. The predicted octanol–water partition coefficient (Wildman–Crippen LogP) is 1.67. The molecule has 0 aliphatic carbocycles. The minimum absolute atomic E-state index is 0.172. The highest BCUT2D eigenvalue weighted by Gasteiger charge is 2.38. The average molecular weight is 423 g/mol. The van der Waals surface area contributed by atoms with Crippen LogP contribution in [-0.4, -0.2) is 64.2 Å². The van der Waals surface area contributed by atoms with Crippen LogP contribution in [0.4, 0.5) is 10.6 Å². The third-order valence-electron chi connectivity index (χ3n) is 6.00. The first kappa shape index (κ1) is 20.8. The molecule has 2 aliphatic rings. The average Bonchev–Trinajstić information content (AvgIpc) is 2.76. The highest BCUT2D eigenvalue weighted by atomic mass is 16.2. The van der Waals surface area contributed by atoms with E-state index in [9.17, 15) is 19.2 Å². The van der Waals surface area contributed by atoms with Gasteiger partial charge < -0.3 is 4.90 Å². The molecular weight excluding hydrogens is 398 g/mol. The van der Waals surface area contributed by atoms with Crippen LogP contribution in [0.25, 0.3) is 11.7 Å². The number of aryl methyl sites for hydroxylation is 1. The largest absolute Gasteiger partial charge is 0.356 e. The Hall–Kier alpha value is -3.49. The van der Waals surface area contributed by atoms with Gasteiger partial charge in [0, 0.05) is 33.4 Å². The van der Waals surface area contributed by atoms with Crippen molar-refractivity contribution in [2.24, 2.45) is 5.92 Å². The number of piperidine rings is 1. The predicted molar refractivity (Wildman–Crippen MR) is 116 cm³/mol. The zero-order valence-electron chi connectivity index (χ0n) is 18.1. The zero-order valence-corrected chi connectivity index (χ0v) is 18.1. The molecule has 4 heterocycles. The van der Waals surface area contributed by atoms with Crippen LogP contribution in [0.2, 0.25) is 0 Å². The third-order valence-corrected chi connectivity index (χ3v) is 6.00. The lowest BCUT2D eigenvalue weighted by molar-refractivity contribution is -0.134. The number of pyridine rings is 1. The van der Waals surface area contributed by atoms with Gasteiger partial charge in [0.25, 0.3) is 17.4 Å². The Balaban J connectivity index is 1.94. The van der Waals surface area contributed by atoms with Gasteiger partial charge in [-0.15, -0.1) is 0 Å². The molecule has 9 heteroatoms. The van der Waals surface area contributed by atoms with Gasteiger partial charge in [-0.3, -0.25) is 28.6 Å². The topological polar surface area (TPSA) is 95.3 Å². The lowest BCUT2D eigenvalue weighted by atomic mass is 9.98. The molecule has 9 nitrogen and oxygen atoms in total. The fourth-order valence-corrected chi connectivity index (χ4v) is 3.95. The quantitative estimate of drug-likeness (QED) is 0.539. The smallest absolute Gasteiger partial charge is 0.333 e. The van der Waals surface area contributed by atoms with Crippen molar-refractivity contribution >= 4 is 35.4 Å². The second-order valence-corrected chi connectivity index (χ2v) is 8.33. The van der Waals surface area contributed by atoms with Gasteiger partial charge in [-0.2, -0.15) is 0 Å². The second kappa shape index (κ2) is 7.64. The van der Waals surface area contributed by atoms with Gasteiger partial charge in [-0.1, -0.05) is 13.0 Å². The molecule has 2 saturated heterocycles. The Morgan fingerprint density at radius 2 is 1.61 bits per heavy atom. The Kier molecular flexibility index (Phi) is 5.12. The minimum atomic E-state index is -0.736. The van der Waals surface area contributed by atoms with E-state index in [-0.39, 0.29) is 16.7 Å². The number of hydrogen-bond donors (Lipinski definition) is 0. The molecule has 0 bridgehead atoms. The van der Waals surface area contributed by atoms with E-state index in [1.54, 1.807) is 12.3 Å². The fraction of sp³-hybridized carbons (Fsp3) is 0.409. The van der Waals surface area contributed by atoms with Crippen molar-refractivity contribution in [1.29, 1.82) is 0 Å². The molecule has 0 spiro atoms. The third kappa shape index (κ3) is 3.49. The molecule has 0 saturated carbocycles. The molecule has 31 heavy (non-hydrogen) atoms. The molecule has 0 N–H and O–H groups in total. The van der Waals surface area contributed by atoms with E-state index in [0.717, 1.165) is 41.3 Å². The van der Waals surface area contributed by atoms with Crippen LogP contribution < -0.4 is 10.5 Å². The summed E-state index contributed by atoms with van der Waals surface area (Å²) in [5.74, 6) is -0.437. The lowest BCUT2D eigenvalue weighted by Crippen LogP contribution is -2.53. The summed E-state index contributed by atoms with van der Waals surface area (Å²) in [6.45, 7) is 5.51. The van der Waals surface area contributed by atoms with Crippen molar-refractivity contribution in [3.8, 4) is 0 Å². The number of hydrogen-bond acceptors (Lipinski definition) is 6. The maximum absolute atomic E-state index is 13.5. The van der Waals surface area contributed by atoms with Crippen molar-refractivity contribution in [2.75, 3.05) is 32.1 Å². The van der Waals surface area contributed by atoms with Gasteiger partial charge in [0.2, 0.25) is 0 Å². The molecule has 162 valence electrons. The van der Waals surface area contributed by atoms with Crippen LogP contribution in [0, 0.1) is 12.8 Å². The molecule has 0 unspecified atom stereocenters. The van der Waals surface area contributed by atoms with E-state index < -0.39 is 17.8 Å². The summed E-state index contributed by atoms with van der Waals surface area (Å²) >= 11 is 0. The summed E-state index contributed by atoms with van der Waals surface area (Å²) in [6, 6.07) is 2.95. The zero-order chi connectivity index (χ0) is 22.4. The molecule has 0 atom stereocenters. The van der Waals surface area contributed by atoms with Crippen molar-refractivity contribution in [1.82, 2.24) is 19.2 Å². The number of anilines is 1. The van der Waals surface area contributed by atoms with E-state index >= 15 is 0 Å². The molecule has 2 fully saturated rings. The van der Waals surface area contributed by atoms with Gasteiger partial charge >= 0.3 is 6.03 Å². The molecule has 2 aliphatic heterocycles. The van der Waals surface area contributed by atoms with Crippen molar-refractivity contribution in [3.05, 3.63) is 45.4 Å². The SMILES string of the molecule is Cc1ccc2nc(N3CCC(C)CC3)c(C=C3C(=O)N(C)C(=O)N(C)C3=O)c(=O)n2c1. The van der Waals surface area contributed by atoms with Crippen LogP contribution in [0.1, 0.15) is 30.9 Å². The van der Waals surface area contributed by atoms with Gasteiger partial charge in [0.15, 0.2) is 0 Å². The van der Waals surface area contributed by atoms with Crippen LogP contribution in [0.15, 0.2) is 28.7 Å². The monoisotopic (exact) mass is 423 g/mol. The number of carbonyl (C=O) groups excluding carboxylic acids is 3. The van der Waals surface area contributed by atoms with Gasteiger partial charge in [-0.25, -0.2) is 9.78 Å². The van der Waals surface area contributed by atoms with Crippen LogP contribution in [-0.2, 0) is 9.59 Å². The minimum Gasteiger partial charge on any atom is -0.356 e. The van der Waals surface area contributed by atoms with E-state index in [1.807, 2.05) is 17.9 Å². The number of nitrogens with zero attached hydrogens (tertiary/aromatic N) is 5. The summed E-state index contributed by atoms with van der Waals surface area (Å²) in [7, 11) is 2.62. The maximum atomic E-state index is 13.5. The number of urea groups is 1. The number of fused-ring (bicyclic) bond motifs is 1. The van der Waals surface area contributed by atoms with E-state index in [4.69, 9.17) is 4.98 Å². The van der Waals surface area contributed by atoms with Gasteiger partial charge in [0.1, 0.15) is 17.0 Å². The highest BCUT2D eigenvalue weighted by Crippen LogP contribution is 2.26. The van der Waals surface area contributed by atoms with E-state index in [1.165, 1.54) is 24.6 Å². The first-order valence-corrected chi connectivity index (χ1v) is 10.3. The van der Waals surface area contributed by atoms with E-state index in [2.05, 4.69) is 6.92 Å². The fourth-order valence-electron chi connectivity index (χ4n) is 3.95. The summed E-state index contributed by atoms with van der Waals surface area (Å²) in [6.07, 6.45) is 4.90. The standard InChI is InChI=1S/C22H25N5O4/c1-13-7-9-26(10-8-13)18-15(21(30)27-12-14(2)5-6-17(27)23-18)11-16-19(28)24(3)22(31)25(4)20(16)29/h5-6,11-13H,7-10H2,1-4H3. The first-order chi connectivity index (χ1) is 14.7. The first-order valence-electron chi connectivity index (χ1n) is 10.3. The number of carbonyl (C=O) groups is 3. The number of amides is 4. The number of rotatable bonds is 2. The van der Waals surface area contributed by atoms with Gasteiger partial charge in [-0.05, 0) is 43.4 Å². The van der Waals surface area contributed by atoms with Crippen LogP contribution in [0.5, 0.6) is 0 Å². The molecule has 0 radical (unpaired) electrons. The summed E-state index contributed by atoms with van der Waals surface area (Å²) in [5, 5.41) is 0. The molecular formula is C22H25N5O4. The van der Waals surface area contributed by atoms with Crippen molar-refractivity contribution < 1.29 is 14.4 Å². The molecule has 0 aromatic carbocycles. The lowest BCUT2D eigenvalue weighted by Gasteiger charge is -2.32. The number of likely N-dealkylation sites (N-methyl/N-ethyl adjacent to an activating group) is 2. The summed E-state index contributed by atoms with van der Waals surface area (Å²) in [4.78, 5) is 59.4. The molecule has 4 rings (SSSR count). The second-order valence-electron chi connectivity index (χ2n) is 8.33. The van der Waals surface area contributed by atoms with E-state index in [0.29, 0.717) is 17.4 Å². The van der Waals surface area contributed by atoms with Crippen LogP contribution in [0.3, 0.4) is 0 Å². The Labute approximate surface area is 179 Å². The highest BCUT2D eigenvalue weighted by molar-refractivity contribution is 6.30. The number of imide groups is 2. The van der Waals surface area contributed by atoms with Crippen molar-refractivity contribution in [2.45, 2.75) is 26.7 Å². The Morgan fingerprint density at radius 1 is 1.00 bits per heavy atom. The number of barbiturate groups is 1. The Bertz CT molecular complexity index is 1160. The summed E-state index contributed by atoms with van der Waals surface area (Å²) in [5.41, 5.74) is 0.951. The molecule has 4 amide bonds. The van der Waals surface area contributed by atoms with Crippen molar-refractivity contribution in [3.63, 3.8) is 0 Å². The van der Waals surface area contributed by atoms with Crippen LogP contribution >= 0.6 is 0 Å². The Morgan fingerprint density at radius 3 is 2.23 bits per heavy atom. The molecule has 2 aromatic heterocycles. The summed E-state index contributed by atoms with van der Waals surface area (Å²) < 4.78 is 1.42. The van der Waals surface area contributed by atoms with Gasteiger partial charge in [0.05, 0.1) is 5.56 Å². The maximum Gasteiger partial charge on any atom is 0.333 e. The normalized spacial score (nSPS) is 18.4.